The van der Waals surface area contributed by atoms with Gasteiger partial charge in [-0.3, -0.25) is 24.1 Å². The van der Waals surface area contributed by atoms with Crippen molar-refractivity contribution in [3.63, 3.8) is 0 Å². The average molecular weight is 583 g/mol. The summed E-state index contributed by atoms with van der Waals surface area (Å²) >= 11 is 0. The molecule has 11 heteroatoms. The number of benzene rings is 1. The second-order valence-electron chi connectivity index (χ2n) is 12.6. The maximum Gasteiger partial charge on any atom is 0.410 e. The number of carbonyl (C=O) groups is 5. The van der Waals surface area contributed by atoms with Gasteiger partial charge in [0, 0.05) is 23.8 Å². The van der Waals surface area contributed by atoms with E-state index >= 15 is 0 Å². The number of para-hydroxylation sites is 2. The van der Waals surface area contributed by atoms with Crippen LogP contribution in [0.15, 0.2) is 36.4 Å². The number of amides is 4. The minimum absolute atomic E-state index is 0.00674. The van der Waals surface area contributed by atoms with Gasteiger partial charge in [-0.15, -0.1) is 0 Å². The van der Waals surface area contributed by atoms with E-state index < -0.39 is 41.9 Å². The van der Waals surface area contributed by atoms with Crippen molar-refractivity contribution in [1.82, 2.24) is 10.2 Å². The van der Waals surface area contributed by atoms with Crippen molar-refractivity contribution < 1.29 is 33.4 Å². The zero-order valence-electron chi connectivity index (χ0n) is 24.9. The summed E-state index contributed by atoms with van der Waals surface area (Å²) in [7, 11) is 0. The predicted octanol–water partition coefficient (Wildman–Crippen LogP) is 3.80. The molecular formula is C31H42N4O7. The highest BCUT2D eigenvalue weighted by Crippen LogP contribution is 2.72. The van der Waals surface area contributed by atoms with E-state index in [0.29, 0.717) is 38.3 Å². The molecule has 11 nitrogen and oxygen atoms in total. The van der Waals surface area contributed by atoms with Crippen LogP contribution in [0, 0.1) is 10.8 Å². The van der Waals surface area contributed by atoms with Gasteiger partial charge in [0.15, 0.2) is 0 Å². The molecule has 1 saturated carbocycles. The molecule has 4 rings (SSSR count). The molecule has 2 spiro atoms. The van der Waals surface area contributed by atoms with Gasteiger partial charge in [0.25, 0.3) is 5.91 Å². The quantitative estimate of drug-likeness (QED) is 0.205. The van der Waals surface area contributed by atoms with E-state index in [-0.39, 0.29) is 22.4 Å². The molecule has 1 aromatic rings. The van der Waals surface area contributed by atoms with E-state index in [1.807, 2.05) is 13.0 Å². The number of carbonyl (C=O) groups excluding carboxylic acids is 5. The van der Waals surface area contributed by atoms with Crippen LogP contribution in [-0.2, 0) is 28.7 Å². The molecule has 2 aliphatic heterocycles. The molecule has 0 unspecified atom stereocenters. The number of rotatable bonds is 11. The third-order valence-electron chi connectivity index (χ3n) is 8.18. The van der Waals surface area contributed by atoms with Gasteiger partial charge in [0.05, 0.1) is 31.1 Å². The number of nitrogens with one attached hydrogen (secondary N) is 3. The number of allylic oxidation sites excluding steroid dienone is 2. The van der Waals surface area contributed by atoms with Crippen molar-refractivity contribution in [2.75, 3.05) is 36.9 Å². The topological polar surface area (TPSA) is 143 Å². The lowest BCUT2D eigenvalue weighted by atomic mass is 9.88. The van der Waals surface area contributed by atoms with Crippen LogP contribution in [0.25, 0.3) is 0 Å². The number of anilines is 2. The van der Waals surface area contributed by atoms with Gasteiger partial charge >= 0.3 is 6.09 Å². The molecule has 0 radical (unpaired) electrons. The fourth-order valence-electron chi connectivity index (χ4n) is 5.79. The van der Waals surface area contributed by atoms with Crippen LogP contribution in [0.2, 0.25) is 0 Å². The molecule has 3 aliphatic rings. The molecular weight excluding hydrogens is 540 g/mol. The first-order valence-electron chi connectivity index (χ1n) is 14.6. The van der Waals surface area contributed by atoms with Gasteiger partial charge < -0.3 is 25.4 Å². The number of ether oxygens (including phenoxy) is 2. The Morgan fingerprint density at radius 2 is 1.74 bits per heavy atom. The number of nitrogens with zero attached hydrogens (tertiary/aromatic N) is 1. The molecule has 2 heterocycles. The molecule has 2 atom stereocenters. The number of fused-ring (bicyclic) bond motifs is 1. The minimum atomic E-state index is -0.928. The lowest BCUT2D eigenvalue weighted by Crippen LogP contribution is -2.49. The molecule has 4 amide bonds. The Kier molecular flexibility index (Phi) is 9.40. The van der Waals surface area contributed by atoms with E-state index in [9.17, 15) is 24.0 Å². The van der Waals surface area contributed by atoms with Gasteiger partial charge in [-0.05, 0) is 71.9 Å². The van der Waals surface area contributed by atoms with E-state index in [1.54, 1.807) is 45.0 Å². The summed E-state index contributed by atoms with van der Waals surface area (Å²) < 4.78 is 11.0. The lowest BCUT2D eigenvalue weighted by molar-refractivity contribution is -0.135. The van der Waals surface area contributed by atoms with E-state index in [4.69, 9.17) is 9.47 Å². The maximum absolute atomic E-state index is 13.2. The first-order valence-corrected chi connectivity index (χ1v) is 14.6. The maximum atomic E-state index is 13.2. The van der Waals surface area contributed by atoms with Gasteiger partial charge in [-0.2, -0.15) is 0 Å². The molecule has 42 heavy (non-hydrogen) atoms. The molecule has 1 aliphatic carbocycles. The molecule has 228 valence electrons. The molecule has 3 N–H and O–H groups in total. The van der Waals surface area contributed by atoms with Crippen molar-refractivity contribution in [3.05, 3.63) is 36.4 Å². The first kappa shape index (κ1) is 31.2. The Balaban J connectivity index is 1.31. The number of ketones is 1. The summed E-state index contributed by atoms with van der Waals surface area (Å²) in [6, 6.07) is 5.79. The van der Waals surface area contributed by atoms with Crippen LogP contribution in [-0.4, -0.2) is 72.4 Å². The van der Waals surface area contributed by atoms with Crippen molar-refractivity contribution in [1.29, 1.82) is 0 Å². The zero-order valence-corrected chi connectivity index (χ0v) is 24.9. The van der Waals surface area contributed by atoms with Gasteiger partial charge in [0.2, 0.25) is 17.6 Å². The zero-order chi connectivity index (χ0) is 30.5. The van der Waals surface area contributed by atoms with Crippen molar-refractivity contribution >= 4 is 41.0 Å². The average Bonchev–Trinajstić information content (AvgIpc) is 3.41. The first-order chi connectivity index (χ1) is 19.9. The monoisotopic (exact) mass is 582 g/mol. The van der Waals surface area contributed by atoms with Crippen LogP contribution < -0.4 is 16.0 Å². The summed E-state index contributed by atoms with van der Waals surface area (Å²) in [5.74, 6) is -2.49. The lowest BCUT2D eigenvalue weighted by Gasteiger charge is -2.31. The van der Waals surface area contributed by atoms with Crippen molar-refractivity contribution in [2.45, 2.75) is 77.9 Å². The summed E-state index contributed by atoms with van der Waals surface area (Å²) in [4.78, 5) is 65.4. The number of Topliss-reactive ketones (excluding diaryl/α,β-unsaturated/α-hetero) is 1. The highest BCUT2D eigenvalue weighted by molar-refractivity contribution is 6.41. The fourth-order valence-corrected chi connectivity index (χ4v) is 5.79. The second-order valence-corrected chi connectivity index (χ2v) is 12.6. The Morgan fingerprint density at radius 1 is 1.05 bits per heavy atom. The smallest absolute Gasteiger partial charge is 0.410 e. The van der Waals surface area contributed by atoms with Crippen LogP contribution in [0.4, 0.5) is 16.2 Å². The number of likely N-dealkylation sites (tertiary alicyclic amines) is 1. The molecule has 0 bridgehead atoms. The summed E-state index contributed by atoms with van der Waals surface area (Å²) in [6.45, 7) is 8.31. The molecule has 0 aromatic heterocycles. The van der Waals surface area contributed by atoms with E-state index in [2.05, 4.69) is 22.0 Å². The number of hydrogen-bond acceptors (Lipinski definition) is 7. The van der Waals surface area contributed by atoms with Crippen LogP contribution in [0.5, 0.6) is 0 Å². The third kappa shape index (κ3) is 7.18. The summed E-state index contributed by atoms with van der Waals surface area (Å²) in [5.41, 5.74) is -0.284. The summed E-state index contributed by atoms with van der Waals surface area (Å²) in [6.07, 6.45) is 7.63. The van der Waals surface area contributed by atoms with Crippen LogP contribution >= 0.6 is 0 Å². The molecule has 1 aromatic carbocycles. The van der Waals surface area contributed by atoms with Crippen molar-refractivity contribution in [3.8, 4) is 0 Å². The molecule has 3 fully saturated rings. The van der Waals surface area contributed by atoms with Crippen LogP contribution in [0.1, 0.15) is 66.2 Å². The fraction of sp³-hybridized carbons (Fsp3) is 0.581. The van der Waals surface area contributed by atoms with Gasteiger partial charge in [0.1, 0.15) is 11.6 Å². The SMILES string of the molecule is C/C=C/CCCCC(=O)Nc1ccccc1NC(=O)C(=O)CNC(=O)[C@@H]1C[C@@]2(CN1C(=O)OC(C)(C)C)CC21COC1. The Labute approximate surface area is 246 Å². The number of unbranched alkanes of at least 4 members (excludes halogenated alkanes) is 2. The van der Waals surface area contributed by atoms with Crippen molar-refractivity contribution in [2.24, 2.45) is 10.8 Å². The largest absolute Gasteiger partial charge is 0.444 e. The highest BCUT2D eigenvalue weighted by atomic mass is 16.6. The highest BCUT2D eigenvalue weighted by Gasteiger charge is 2.75. The van der Waals surface area contributed by atoms with E-state index in [0.717, 1.165) is 25.7 Å². The number of hydrogen-bond donors (Lipinski definition) is 3. The minimum Gasteiger partial charge on any atom is -0.444 e. The van der Waals surface area contributed by atoms with Gasteiger partial charge in [-0.25, -0.2) is 4.79 Å². The summed E-state index contributed by atoms with van der Waals surface area (Å²) in [5, 5.41) is 7.86. The van der Waals surface area contributed by atoms with Gasteiger partial charge in [-0.1, -0.05) is 24.3 Å². The van der Waals surface area contributed by atoms with E-state index in [1.165, 1.54) is 4.90 Å². The Morgan fingerprint density at radius 3 is 2.33 bits per heavy atom. The Hall–Kier alpha value is -3.73. The standard InChI is InChI=1S/C31H42N4O7/c1-5-6-7-8-9-14-25(37)33-21-12-10-11-13-22(21)34-27(39)24(36)16-32-26(38)23-15-30(17-31(30)19-41-20-31)18-35(23)28(40)42-29(2,3)4/h5-6,10-13,23H,7-9,14-20H2,1-4H3,(H,32,38)(H,33,37)(H,34,39)/b6-5+/t23-,30-/m0/s1. The van der Waals surface area contributed by atoms with Crippen LogP contribution in [0.3, 0.4) is 0 Å². The third-order valence-corrected chi connectivity index (χ3v) is 8.18. The predicted molar refractivity (Wildman–Crippen MR) is 157 cm³/mol. The second kappa shape index (κ2) is 12.6. The normalized spacial score (nSPS) is 22.1. The Bertz CT molecular complexity index is 1250. The molecule has 2 saturated heterocycles.